The molecular weight excluding hydrogens is 542 g/mol. The van der Waals surface area contributed by atoms with Crippen LogP contribution in [-0.4, -0.2) is 23.9 Å². The lowest BCUT2D eigenvalue weighted by atomic mass is 10.1. The molecule has 0 bridgehead atoms. The van der Waals surface area contributed by atoms with E-state index in [1.54, 1.807) is 0 Å². The number of imidazole rings is 1. The highest BCUT2D eigenvalue weighted by Gasteiger charge is 2.16. The zero-order chi connectivity index (χ0) is 29.2. The first-order valence-electron chi connectivity index (χ1n) is 14.6. The smallest absolute Gasteiger partial charge is 0.147 e. The molecule has 5 aromatic heterocycles. The van der Waals surface area contributed by atoms with Crippen LogP contribution in [0.3, 0.4) is 0 Å². The fraction of sp³-hybridized carbons (Fsp3) is 0.0263. The highest BCUT2D eigenvalue weighted by molar-refractivity contribution is 6.11. The number of aromatic nitrogens is 5. The molecule has 9 aromatic rings. The molecule has 0 spiro atoms. The molecule has 0 aliphatic heterocycles. The summed E-state index contributed by atoms with van der Waals surface area (Å²) in [5.41, 5.74) is 7.95. The second-order valence-electron chi connectivity index (χ2n) is 11.0. The summed E-state index contributed by atoms with van der Waals surface area (Å²) in [4.78, 5) is 14.6. The monoisotopic (exact) mass is 567 g/mol. The van der Waals surface area contributed by atoms with Crippen molar-refractivity contribution in [3.8, 4) is 28.4 Å². The summed E-state index contributed by atoms with van der Waals surface area (Å²) in [6.07, 6.45) is 5.76. The molecule has 5 heterocycles. The second kappa shape index (κ2) is 9.51. The van der Waals surface area contributed by atoms with E-state index in [-0.39, 0.29) is 0 Å². The average Bonchev–Trinajstić information content (AvgIpc) is 3.66. The Balaban J connectivity index is 1.19. The molecule has 9 rings (SSSR count). The van der Waals surface area contributed by atoms with Gasteiger partial charge in [-0.2, -0.15) is 0 Å². The molecule has 0 fully saturated rings. The highest BCUT2D eigenvalue weighted by atomic mass is 16.5. The van der Waals surface area contributed by atoms with Gasteiger partial charge in [0.05, 0.1) is 16.9 Å². The third kappa shape index (κ3) is 3.71. The Morgan fingerprint density at radius 1 is 0.568 bits per heavy atom. The van der Waals surface area contributed by atoms with Gasteiger partial charge in [-0.05, 0) is 78.5 Å². The number of aryl methyl sites for hydroxylation is 1. The minimum absolute atomic E-state index is 0.737. The fourth-order valence-electron chi connectivity index (χ4n) is 6.41. The summed E-state index contributed by atoms with van der Waals surface area (Å²) in [6.45, 7) is 2.11. The van der Waals surface area contributed by atoms with E-state index >= 15 is 0 Å². The van der Waals surface area contributed by atoms with E-state index in [0.29, 0.717) is 0 Å². The Morgan fingerprint density at radius 3 is 2.20 bits per heavy atom. The molecule has 0 aliphatic rings. The van der Waals surface area contributed by atoms with E-state index in [2.05, 4.69) is 107 Å². The van der Waals surface area contributed by atoms with Crippen LogP contribution in [0.1, 0.15) is 5.56 Å². The van der Waals surface area contributed by atoms with Crippen LogP contribution in [0, 0.1) is 6.92 Å². The van der Waals surface area contributed by atoms with Crippen LogP contribution in [0.4, 0.5) is 0 Å². The Hall–Kier alpha value is -6.01. The largest absolute Gasteiger partial charge is 0.457 e. The molecule has 6 heteroatoms. The lowest BCUT2D eigenvalue weighted by Gasteiger charge is -2.12. The minimum atomic E-state index is 0.737. The van der Waals surface area contributed by atoms with Crippen LogP contribution in [0.5, 0.6) is 11.5 Å². The number of nitrogens with zero attached hydrogens (tertiary/aromatic N) is 5. The molecule has 0 amide bonds. The van der Waals surface area contributed by atoms with Crippen LogP contribution in [0.2, 0.25) is 0 Å². The summed E-state index contributed by atoms with van der Waals surface area (Å²) < 4.78 is 10.8. The number of ether oxygens (including phenoxy) is 1. The Labute approximate surface area is 252 Å². The maximum Gasteiger partial charge on any atom is 0.147 e. The lowest BCUT2D eigenvalue weighted by molar-refractivity contribution is 0.483. The molecule has 0 radical (unpaired) electrons. The molecule has 0 aliphatic carbocycles. The van der Waals surface area contributed by atoms with Gasteiger partial charge in [-0.25, -0.2) is 15.0 Å². The van der Waals surface area contributed by atoms with Crippen LogP contribution in [0.25, 0.3) is 66.3 Å². The van der Waals surface area contributed by atoms with Crippen LogP contribution < -0.4 is 4.74 Å². The van der Waals surface area contributed by atoms with Crippen molar-refractivity contribution in [2.45, 2.75) is 6.92 Å². The fourth-order valence-corrected chi connectivity index (χ4v) is 6.41. The number of rotatable bonds is 4. The summed E-state index contributed by atoms with van der Waals surface area (Å²) in [6, 6.07) is 39.3. The van der Waals surface area contributed by atoms with Gasteiger partial charge in [0.1, 0.15) is 28.4 Å². The van der Waals surface area contributed by atoms with Crippen molar-refractivity contribution in [2.75, 3.05) is 0 Å². The predicted octanol–water partition coefficient (Wildman–Crippen LogP) is 9.30. The molecule has 44 heavy (non-hydrogen) atoms. The summed E-state index contributed by atoms with van der Waals surface area (Å²) in [7, 11) is 0. The van der Waals surface area contributed by atoms with E-state index in [0.717, 1.165) is 72.4 Å². The van der Waals surface area contributed by atoms with Gasteiger partial charge < -0.3 is 4.74 Å². The lowest BCUT2D eigenvalue weighted by Crippen LogP contribution is -1.96. The molecular formula is C38H25N5O. The third-order valence-corrected chi connectivity index (χ3v) is 8.41. The van der Waals surface area contributed by atoms with Gasteiger partial charge in [-0.3, -0.25) is 8.97 Å². The minimum Gasteiger partial charge on any atom is -0.457 e. The van der Waals surface area contributed by atoms with Gasteiger partial charge in [0.2, 0.25) is 0 Å². The van der Waals surface area contributed by atoms with E-state index in [9.17, 15) is 0 Å². The van der Waals surface area contributed by atoms with Crippen molar-refractivity contribution >= 4 is 49.4 Å². The summed E-state index contributed by atoms with van der Waals surface area (Å²) >= 11 is 0. The third-order valence-electron chi connectivity index (χ3n) is 8.41. The standard InChI is InChI=1S/C38H25N5O/c1-24-9-2-3-12-28(24)34-23-42-36-31(14-7-19-39-36)29-18-17-27(22-33(29)38(42)41-34)44-26-11-6-10-25(21-26)43-35-16-5-4-13-30(35)32-15-8-20-40-37(32)43/h2-23H,1H3. The van der Waals surface area contributed by atoms with Crippen molar-refractivity contribution in [1.29, 1.82) is 0 Å². The van der Waals surface area contributed by atoms with Gasteiger partial charge in [0.15, 0.2) is 0 Å². The van der Waals surface area contributed by atoms with Crippen LogP contribution in [-0.2, 0) is 0 Å². The summed E-state index contributed by atoms with van der Waals surface area (Å²) in [5, 5.41) is 5.45. The first kappa shape index (κ1) is 24.6. The normalized spacial score (nSPS) is 11.8. The quantitative estimate of drug-likeness (QED) is 0.199. The highest BCUT2D eigenvalue weighted by Crippen LogP contribution is 2.36. The van der Waals surface area contributed by atoms with Crippen LogP contribution >= 0.6 is 0 Å². The number of hydrogen-bond donors (Lipinski definition) is 0. The average molecular weight is 568 g/mol. The molecule has 0 saturated carbocycles. The Morgan fingerprint density at radius 2 is 1.32 bits per heavy atom. The van der Waals surface area contributed by atoms with E-state index < -0.39 is 0 Å². The zero-order valence-corrected chi connectivity index (χ0v) is 23.8. The van der Waals surface area contributed by atoms with Gasteiger partial charge >= 0.3 is 0 Å². The molecule has 4 aromatic carbocycles. The maximum absolute atomic E-state index is 6.53. The molecule has 208 valence electrons. The van der Waals surface area contributed by atoms with Gasteiger partial charge in [0, 0.05) is 51.8 Å². The van der Waals surface area contributed by atoms with Gasteiger partial charge in [-0.15, -0.1) is 0 Å². The predicted molar refractivity (Wildman–Crippen MR) is 177 cm³/mol. The van der Waals surface area contributed by atoms with Crippen molar-refractivity contribution < 1.29 is 4.74 Å². The molecule has 0 unspecified atom stereocenters. The maximum atomic E-state index is 6.53. The number of hydrogen-bond acceptors (Lipinski definition) is 4. The summed E-state index contributed by atoms with van der Waals surface area (Å²) in [5.74, 6) is 1.48. The number of fused-ring (bicyclic) bond motifs is 9. The molecule has 0 N–H and O–H groups in total. The van der Waals surface area contributed by atoms with Crippen molar-refractivity contribution in [2.24, 2.45) is 0 Å². The van der Waals surface area contributed by atoms with Crippen molar-refractivity contribution in [3.05, 3.63) is 139 Å². The van der Waals surface area contributed by atoms with Gasteiger partial charge in [0.25, 0.3) is 0 Å². The van der Waals surface area contributed by atoms with Crippen molar-refractivity contribution in [1.82, 2.24) is 23.9 Å². The van der Waals surface area contributed by atoms with Gasteiger partial charge in [-0.1, -0.05) is 48.5 Å². The van der Waals surface area contributed by atoms with Crippen molar-refractivity contribution in [3.63, 3.8) is 0 Å². The Kier molecular flexibility index (Phi) is 5.31. The Bertz CT molecular complexity index is 2510. The first-order chi connectivity index (χ1) is 21.7. The van der Waals surface area contributed by atoms with E-state index in [4.69, 9.17) is 19.7 Å². The van der Waals surface area contributed by atoms with Crippen LogP contribution in [0.15, 0.2) is 134 Å². The second-order valence-corrected chi connectivity index (χ2v) is 11.0. The van der Waals surface area contributed by atoms with E-state index in [1.165, 1.54) is 10.9 Å². The number of para-hydroxylation sites is 1. The van der Waals surface area contributed by atoms with E-state index in [1.807, 2.05) is 42.7 Å². The number of benzene rings is 4. The zero-order valence-electron chi connectivity index (χ0n) is 23.8. The molecule has 0 atom stereocenters. The molecule has 0 saturated heterocycles. The number of pyridine rings is 3. The topological polar surface area (TPSA) is 57.2 Å². The SMILES string of the molecule is Cc1ccccc1-c1cn2c3ncccc3c3ccc(Oc4cccc(-n5c6ccccc6c6cccnc65)c4)cc3c2n1. The molecule has 6 nitrogen and oxygen atoms in total. The first-order valence-corrected chi connectivity index (χ1v) is 14.6.